The van der Waals surface area contributed by atoms with Crippen LogP contribution in [0.2, 0.25) is 10.0 Å². The van der Waals surface area contributed by atoms with Gasteiger partial charge in [0.2, 0.25) is 0 Å². The highest BCUT2D eigenvalue weighted by Crippen LogP contribution is 2.26. The van der Waals surface area contributed by atoms with Crippen LogP contribution in [0.25, 0.3) is 0 Å². The van der Waals surface area contributed by atoms with Gasteiger partial charge in [-0.15, -0.1) is 0 Å². The second-order valence-electron chi connectivity index (χ2n) is 4.49. The molecule has 0 nitrogen and oxygen atoms in total. The van der Waals surface area contributed by atoms with E-state index in [1.54, 1.807) is 0 Å². The summed E-state index contributed by atoms with van der Waals surface area (Å²) in [6.45, 7) is 6.61. The van der Waals surface area contributed by atoms with E-state index in [2.05, 4.69) is 20.8 Å². The molecule has 0 aliphatic heterocycles. The predicted octanol–water partition coefficient (Wildman–Crippen LogP) is 4.58. The highest BCUT2D eigenvalue weighted by molar-refractivity contribution is 6.42. The molecule has 13 heavy (non-hydrogen) atoms. The van der Waals surface area contributed by atoms with Crippen LogP contribution >= 0.6 is 23.2 Å². The molecule has 1 aromatic carbocycles. The third kappa shape index (κ3) is 3.58. The second-order valence-corrected chi connectivity index (χ2v) is 5.30. The number of hydrogen-bond donors (Lipinski definition) is 0. The van der Waals surface area contributed by atoms with Crippen LogP contribution in [0.1, 0.15) is 26.3 Å². The van der Waals surface area contributed by atoms with Crippen molar-refractivity contribution in [2.45, 2.75) is 27.2 Å². The molecule has 72 valence electrons. The van der Waals surface area contributed by atoms with Crippen LogP contribution in [0.4, 0.5) is 0 Å². The third-order valence-electron chi connectivity index (χ3n) is 1.72. The molecule has 0 spiro atoms. The lowest BCUT2D eigenvalue weighted by Crippen LogP contribution is -2.08. The van der Waals surface area contributed by atoms with Crippen LogP contribution in [-0.4, -0.2) is 0 Å². The van der Waals surface area contributed by atoms with Gasteiger partial charge in [0.05, 0.1) is 10.0 Å². The number of rotatable bonds is 1. The first-order valence-electron chi connectivity index (χ1n) is 4.32. The molecule has 0 saturated heterocycles. The monoisotopic (exact) mass is 216 g/mol. The fraction of sp³-hybridized carbons (Fsp3) is 0.455. The van der Waals surface area contributed by atoms with Gasteiger partial charge in [0.25, 0.3) is 0 Å². The van der Waals surface area contributed by atoms with E-state index in [9.17, 15) is 0 Å². The van der Waals surface area contributed by atoms with Crippen molar-refractivity contribution in [3.8, 4) is 0 Å². The Hall–Kier alpha value is -0.200. The van der Waals surface area contributed by atoms with Crippen molar-refractivity contribution < 1.29 is 0 Å². The zero-order valence-corrected chi connectivity index (χ0v) is 9.71. The summed E-state index contributed by atoms with van der Waals surface area (Å²) in [4.78, 5) is 0. The van der Waals surface area contributed by atoms with E-state index >= 15 is 0 Å². The summed E-state index contributed by atoms with van der Waals surface area (Å²) in [6, 6.07) is 5.82. The highest BCUT2D eigenvalue weighted by atomic mass is 35.5. The van der Waals surface area contributed by atoms with Gasteiger partial charge in [-0.25, -0.2) is 0 Å². The molecular formula is C11H14Cl2. The van der Waals surface area contributed by atoms with Gasteiger partial charge in [0.15, 0.2) is 0 Å². The lowest BCUT2D eigenvalue weighted by atomic mass is 9.88. The van der Waals surface area contributed by atoms with Gasteiger partial charge >= 0.3 is 0 Å². The average Bonchev–Trinajstić information content (AvgIpc) is 1.94. The zero-order chi connectivity index (χ0) is 10.1. The molecule has 2 heteroatoms. The van der Waals surface area contributed by atoms with Crippen molar-refractivity contribution in [3.05, 3.63) is 33.8 Å². The van der Waals surface area contributed by atoms with E-state index in [0.717, 1.165) is 6.42 Å². The highest BCUT2D eigenvalue weighted by Gasteiger charge is 2.11. The summed E-state index contributed by atoms with van der Waals surface area (Å²) in [5.74, 6) is 0. The minimum absolute atomic E-state index is 0.289. The van der Waals surface area contributed by atoms with Crippen molar-refractivity contribution in [3.63, 3.8) is 0 Å². The maximum atomic E-state index is 5.91. The van der Waals surface area contributed by atoms with Crippen molar-refractivity contribution in [1.82, 2.24) is 0 Å². The Kier molecular flexibility index (Phi) is 3.26. The van der Waals surface area contributed by atoms with Gasteiger partial charge in [-0.05, 0) is 29.5 Å². The molecule has 0 aromatic heterocycles. The predicted molar refractivity (Wildman–Crippen MR) is 59.6 cm³/mol. The molecule has 0 aliphatic carbocycles. The molecule has 0 radical (unpaired) electrons. The average molecular weight is 217 g/mol. The maximum absolute atomic E-state index is 5.91. The molecule has 0 fully saturated rings. The lowest BCUT2D eigenvalue weighted by Gasteiger charge is -2.18. The van der Waals surface area contributed by atoms with Gasteiger partial charge in [-0.3, -0.25) is 0 Å². The van der Waals surface area contributed by atoms with Crippen molar-refractivity contribution in [2.24, 2.45) is 5.41 Å². The van der Waals surface area contributed by atoms with E-state index in [4.69, 9.17) is 23.2 Å². The Morgan fingerprint density at radius 1 is 1.08 bits per heavy atom. The van der Waals surface area contributed by atoms with E-state index in [1.165, 1.54) is 5.56 Å². The van der Waals surface area contributed by atoms with Crippen LogP contribution in [0.5, 0.6) is 0 Å². The molecule has 0 bridgehead atoms. The molecule has 0 aliphatic rings. The molecule has 0 atom stereocenters. The fourth-order valence-electron chi connectivity index (χ4n) is 1.26. The lowest BCUT2D eigenvalue weighted by molar-refractivity contribution is 0.411. The van der Waals surface area contributed by atoms with Gasteiger partial charge in [0, 0.05) is 0 Å². The van der Waals surface area contributed by atoms with Gasteiger partial charge in [-0.1, -0.05) is 50.0 Å². The van der Waals surface area contributed by atoms with E-state index in [1.807, 2.05) is 18.2 Å². The first kappa shape index (κ1) is 10.9. The number of hydrogen-bond acceptors (Lipinski definition) is 0. The van der Waals surface area contributed by atoms with Gasteiger partial charge in [-0.2, -0.15) is 0 Å². The zero-order valence-electron chi connectivity index (χ0n) is 8.20. The molecular weight excluding hydrogens is 203 g/mol. The summed E-state index contributed by atoms with van der Waals surface area (Å²) in [7, 11) is 0. The van der Waals surface area contributed by atoms with Crippen molar-refractivity contribution in [1.29, 1.82) is 0 Å². The topological polar surface area (TPSA) is 0 Å². The number of benzene rings is 1. The Labute approximate surface area is 89.9 Å². The minimum atomic E-state index is 0.289. The number of halogens is 2. The van der Waals surface area contributed by atoms with Crippen LogP contribution in [-0.2, 0) is 6.42 Å². The Morgan fingerprint density at radius 2 is 1.69 bits per heavy atom. The summed E-state index contributed by atoms with van der Waals surface area (Å²) >= 11 is 11.7. The summed E-state index contributed by atoms with van der Waals surface area (Å²) in [6.07, 6.45) is 1.02. The SMILES string of the molecule is CC(C)(C)Cc1ccc(Cl)c(Cl)c1. The van der Waals surface area contributed by atoms with Crippen molar-refractivity contribution >= 4 is 23.2 Å². The first-order valence-corrected chi connectivity index (χ1v) is 5.08. The smallest absolute Gasteiger partial charge is 0.0595 e. The van der Waals surface area contributed by atoms with E-state index in [-0.39, 0.29) is 5.41 Å². The van der Waals surface area contributed by atoms with E-state index in [0.29, 0.717) is 10.0 Å². The second kappa shape index (κ2) is 3.89. The molecule has 1 aromatic rings. The molecule has 0 saturated carbocycles. The summed E-state index contributed by atoms with van der Waals surface area (Å²) in [5, 5.41) is 1.27. The third-order valence-corrected chi connectivity index (χ3v) is 2.46. The van der Waals surface area contributed by atoms with E-state index < -0.39 is 0 Å². The van der Waals surface area contributed by atoms with Gasteiger partial charge in [0.1, 0.15) is 0 Å². The van der Waals surface area contributed by atoms with Crippen LogP contribution < -0.4 is 0 Å². The standard InChI is InChI=1S/C11H14Cl2/c1-11(2,3)7-8-4-5-9(12)10(13)6-8/h4-6H,7H2,1-3H3. The first-order chi connectivity index (χ1) is 5.88. The normalized spacial score (nSPS) is 11.8. The molecule has 0 heterocycles. The van der Waals surface area contributed by atoms with Crippen LogP contribution in [0.3, 0.4) is 0 Å². The van der Waals surface area contributed by atoms with Crippen LogP contribution in [0.15, 0.2) is 18.2 Å². The molecule has 0 amide bonds. The molecule has 0 unspecified atom stereocenters. The Balaban J connectivity index is 2.86. The maximum Gasteiger partial charge on any atom is 0.0595 e. The fourth-order valence-corrected chi connectivity index (χ4v) is 1.58. The largest absolute Gasteiger partial charge is 0.0827 e. The quantitative estimate of drug-likeness (QED) is 0.645. The Bertz CT molecular complexity index is 297. The Morgan fingerprint density at radius 3 is 2.15 bits per heavy atom. The molecule has 1 rings (SSSR count). The minimum Gasteiger partial charge on any atom is -0.0827 e. The summed E-state index contributed by atoms with van der Waals surface area (Å²) in [5.41, 5.74) is 1.53. The van der Waals surface area contributed by atoms with Crippen LogP contribution in [0, 0.1) is 5.41 Å². The summed E-state index contributed by atoms with van der Waals surface area (Å²) < 4.78 is 0. The molecule has 0 N–H and O–H groups in total. The van der Waals surface area contributed by atoms with Gasteiger partial charge < -0.3 is 0 Å². The van der Waals surface area contributed by atoms with Crippen molar-refractivity contribution in [2.75, 3.05) is 0 Å².